The van der Waals surface area contributed by atoms with E-state index in [1.165, 1.54) is 23.5 Å². The first-order valence-corrected chi connectivity index (χ1v) is 11.6. The molecule has 0 saturated carbocycles. The topological polar surface area (TPSA) is 152 Å². The third kappa shape index (κ3) is 4.48. The van der Waals surface area contributed by atoms with Gasteiger partial charge in [-0.05, 0) is 29.8 Å². The molecular weight excluding hydrogens is 498 g/mol. The van der Waals surface area contributed by atoms with Crippen molar-refractivity contribution in [3.8, 4) is 0 Å². The summed E-state index contributed by atoms with van der Waals surface area (Å²) in [6.45, 7) is 0. The fraction of sp³-hybridized carbons (Fsp3) is 0.0400. The zero-order valence-corrected chi connectivity index (χ0v) is 19.5. The number of ketones is 1. The molecule has 0 bridgehead atoms. The smallest absolute Gasteiger partial charge is 0.294 e. The molecule has 4 aromatic rings. The summed E-state index contributed by atoms with van der Waals surface area (Å²) in [5, 5.41) is 18.1. The fourth-order valence-electron chi connectivity index (χ4n) is 3.73. The molecule has 0 fully saturated rings. The summed E-state index contributed by atoms with van der Waals surface area (Å²) in [7, 11) is 0. The molecule has 0 radical (unpaired) electrons. The van der Waals surface area contributed by atoms with Crippen LogP contribution in [0.25, 0.3) is 10.2 Å². The summed E-state index contributed by atoms with van der Waals surface area (Å²) in [5.41, 5.74) is 0.657. The number of amides is 3. The number of thiazole rings is 1. The predicted octanol–water partition coefficient (Wildman–Crippen LogP) is 3.42. The molecule has 182 valence electrons. The van der Waals surface area contributed by atoms with Gasteiger partial charge in [-0.3, -0.25) is 34.6 Å². The Morgan fingerprint density at radius 3 is 2.30 bits per heavy atom. The molecule has 12 heteroatoms. The van der Waals surface area contributed by atoms with Crippen molar-refractivity contribution in [1.82, 2.24) is 9.99 Å². The van der Waals surface area contributed by atoms with E-state index in [4.69, 9.17) is 0 Å². The van der Waals surface area contributed by atoms with Crippen LogP contribution in [-0.2, 0) is 14.4 Å². The van der Waals surface area contributed by atoms with E-state index in [0.29, 0.717) is 16.1 Å². The summed E-state index contributed by atoms with van der Waals surface area (Å²) in [6, 6.07) is 20.0. The lowest BCUT2D eigenvalue weighted by Crippen LogP contribution is -2.41. The molecule has 1 aromatic heterocycles. The Morgan fingerprint density at radius 2 is 1.62 bits per heavy atom. The van der Waals surface area contributed by atoms with Gasteiger partial charge in [0.1, 0.15) is 0 Å². The highest BCUT2D eigenvalue weighted by atomic mass is 32.1. The second kappa shape index (κ2) is 9.51. The number of para-hydroxylation sites is 1. The van der Waals surface area contributed by atoms with Gasteiger partial charge >= 0.3 is 0 Å². The minimum atomic E-state index is -1.67. The Labute approximate surface area is 212 Å². The van der Waals surface area contributed by atoms with Gasteiger partial charge in [0.2, 0.25) is 5.78 Å². The number of benzene rings is 3. The highest BCUT2D eigenvalue weighted by Gasteiger charge is 2.46. The molecule has 1 N–H and O–H groups in total. The quantitative estimate of drug-likeness (QED) is 0.136. The number of aromatic nitrogens is 1. The van der Waals surface area contributed by atoms with Crippen molar-refractivity contribution in [2.24, 2.45) is 11.0 Å². The Morgan fingerprint density at radius 1 is 0.946 bits per heavy atom. The van der Waals surface area contributed by atoms with Gasteiger partial charge in [-0.2, -0.15) is 10.1 Å². The maximum Gasteiger partial charge on any atom is 0.294 e. The molecule has 5 rings (SSSR count). The third-order valence-corrected chi connectivity index (χ3v) is 6.48. The van der Waals surface area contributed by atoms with Crippen LogP contribution < -0.4 is 5.32 Å². The number of nitro benzene ring substituents is 1. The number of imide groups is 1. The number of rotatable bonds is 6. The van der Waals surface area contributed by atoms with Crippen molar-refractivity contribution in [2.75, 3.05) is 5.32 Å². The number of nitro groups is 1. The lowest BCUT2D eigenvalue weighted by molar-refractivity contribution is -0.384. The first-order chi connectivity index (χ1) is 17.8. The monoisotopic (exact) mass is 513 g/mol. The molecule has 0 aliphatic carbocycles. The van der Waals surface area contributed by atoms with E-state index in [2.05, 4.69) is 15.4 Å². The summed E-state index contributed by atoms with van der Waals surface area (Å²) in [5.74, 6) is -5.75. The molecule has 0 spiro atoms. The molecule has 0 saturated heterocycles. The maximum absolute atomic E-state index is 13.3. The first kappa shape index (κ1) is 23.6. The van der Waals surface area contributed by atoms with E-state index in [1.807, 2.05) is 12.1 Å². The van der Waals surface area contributed by atoms with Crippen LogP contribution in [0.15, 0.2) is 84.0 Å². The fourth-order valence-corrected chi connectivity index (χ4v) is 4.59. The highest BCUT2D eigenvalue weighted by molar-refractivity contribution is 7.22. The van der Waals surface area contributed by atoms with Crippen LogP contribution in [0.1, 0.15) is 15.9 Å². The largest absolute Gasteiger partial charge is 0.295 e. The molecule has 1 aliphatic rings. The Kier molecular flexibility index (Phi) is 6.07. The van der Waals surface area contributed by atoms with Crippen molar-refractivity contribution in [1.29, 1.82) is 0 Å². The number of Topliss-reactive ketones (excluding diaryl/α,β-unsaturated/α-hetero) is 1. The van der Waals surface area contributed by atoms with Crippen LogP contribution in [0.2, 0.25) is 0 Å². The lowest BCUT2D eigenvalue weighted by atomic mass is 9.92. The van der Waals surface area contributed by atoms with Gasteiger partial charge in [-0.15, -0.1) is 0 Å². The van der Waals surface area contributed by atoms with E-state index in [0.717, 1.165) is 16.8 Å². The third-order valence-electron chi connectivity index (χ3n) is 5.52. The highest BCUT2D eigenvalue weighted by Crippen LogP contribution is 2.28. The number of anilines is 1. The molecule has 11 nitrogen and oxygen atoms in total. The first-order valence-electron chi connectivity index (χ1n) is 10.8. The van der Waals surface area contributed by atoms with Gasteiger partial charge in [0.15, 0.2) is 11.0 Å². The minimum Gasteiger partial charge on any atom is -0.295 e. The van der Waals surface area contributed by atoms with E-state index < -0.39 is 34.3 Å². The molecule has 3 aromatic carbocycles. The lowest BCUT2D eigenvalue weighted by Gasteiger charge is -2.12. The number of hydrazone groups is 1. The number of non-ortho nitro benzene ring substituents is 1. The number of nitrogens with zero attached hydrogens (tertiary/aromatic N) is 4. The summed E-state index contributed by atoms with van der Waals surface area (Å²) in [6.07, 6.45) is 0. The van der Waals surface area contributed by atoms with Crippen LogP contribution in [0.3, 0.4) is 0 Å². The van der Waals surface area contributed by atoms with E-state index >= 15 is 0 Å². The molecule has 2 heterocycles. The summed E-state index contributed by atoms with van der Waals surface area (Å²) in [4.78, 5) is 67.0. The number of hydrogen-bond acceptors (Lipinski definition) is 9. The second-order valence-electron chi connectivity index (χ2n) is 7.85. The summed E-state index contributed by atoms with van der Waals surface area (Å²) < 4.78 is 0.800. The van der Waals surface area contributed by atoms with Crippen molar-refractivity contribution < 1.29 is 24.1 Å². The average Bonchev–Trinajstić information content (AvgIpc) is 3.48. The number of carbonyl (C=O) groups is 4. The zero-order chi connectivity index (χ0) is 26.1. The standard InChI is InChI=1S/C25H15N5O6S/c31-21(22(32)27-25-26-17-8-4-5-9-18(17)37-25)19-20(14-6-2-1-3-7-14)28-29(24(19)34)23(33)15-10-12-16(13-11-15)30(35)36/h1-13,19H,(H,26,27,32). The minimum absolute atomic E-state index is 0.0536. The van der Waals surface area contributed by atoms with Crippen molar-refractivity contribution >= 4 is 61.6 Å². The van der Waals surface area contributed by atoms with Crippen LogP contribution in [0.5, 0.6) is 0 Å². The normalized spacial score (nSPS) is 14.9. The van der Waals surface area contributed by atoms with Gasteiger partial charge in [-0.1, -0.05) is 53.8 Å². The van der Waals surface area contributed by atoms with E-state index in [-0.39, 0.29) is 22.1 Å². The number of carbonyl (C=O) groups excluding carboxylic acids is 4. The van der Waals surface area contributed by atoms with E-state index in [1.54, 1.807) is 42.5 Å². The average molecular weight is 513 g/mol. The number of fused-ring (bicyclic) bond motifs is 1. The van der Waals surface area contributed by atoms with Crippen LogP contribution in [-0.4, -0.2) is 44.1 Å². The van der Waals surface area contributed by atoms with Gasteiger partial charge < -0.3 is 0 Å². The van der Waals surface area contributed by atoms with Crippen LogP contribution >= 0.6 is 11.3 Å². The van der Waals surface area contributed by atoms with Crippen molar-refractivity contribution in [2.45, 2.75) is 0 Å². The molecular formula is C25H15N5O6S. The maximum atomic E-state index is 13.3. The van der Waals surface area contributed by atoms with Gasteiger partial charge in [0.05, 0.1) is 20.9 Å². The zero-order valence-electron chi connectivity index (χ0n) is 18.7. The van der Waals surface area contributed by atoms with Gasteiger partial charge in [-0.25, -0.2) is 4.98 Å². The van der Waals surface area contributed by atoms with E-state index in [9.17, 15) is 29.3 Å². The molecule has 1 unspecified atom stereocenters. The van der Waals surface area contributed by atoms with Crippen LogP contribution in [0, 0.1) is 16.0 Å². The predicted molar refractivity (Wildman–Crippen MR) is 134 cm³/mol. The molecule has 37 heavy (non-hydrogen) atoms. The molecule has 1 aliphatic heterocycles. The Bertz CT molecular complexity index is 1580. The van der Waals surface area contributed by atoms with Gasteiger partial charge in [0, 0.05) is 17.7 Å². The van der Waals surface area contributed by atoms with Crippen molar-refractivity contribution in [3.63, 3.8) is 0 Å². The molecule has 1 atom stereocenters. The Balaban J connectivity index is 1.44. The van der Waals surface area contributed by atoms with Crippen molar-refractivity contribution in [3.05, 3.63) is 100 Å². The Hall–Kier alpha value is -5.10. The number of nitrogens with one attached hydrogen (secondary N) is 1. The molecule has 3 amide bonds. The van der Waals surface area contributed by atoms with Gasteiger partial charge in [0.25, 0.3) is 23.4 Å². The summed E-state index contributed by atoms with van der Waals surface area (Å²) >= 11 is 1.17. The second-order valence-corrected chi connectivity index (χ2v) is 8.88. The van der Waals surface area contributed by atoms with Crippen LogP contribution in [0.4, 0.5) is 10.8 Å². The SMILES string of the molecule is O=C(Nc1nc2ccccc2s1)C(=O)C1C(=O)N(C(=O)c2ccc([N+](=O)[O-])cc2)N=C1c1ccccc1. The number of hydrogen-bond donors (Lipinski definition) is 1.